The van der Waals surface area contributed by atoms with Crippen LogP contribution >= 0.6 is 0 Å². The van der Waals surface area contributed by atoms with Crippen LogP contribution in [0.4, 0.5) is 0 Å². The molecule has 1 saturated heterocycles. The van der Waals surface area contributed by atoms with Gasteiger partial charge in [-0.1, -0.05) is 35.5 Å². The van der Waals surface area contributed by atoms with Gasteiger partial charge in [-0.05, 0) is 5.56 Å². The van der Waals surface area contributed by atoms with E-state index in [4.69, 9.17) is 9.84 Å². The first-order valence-electron chi connectivity index (χ1n) is 7.68. The molecule has 2 heterocycles. The lowest BCUT2D eigenvalue weighted by atomic mass is 10.2. The summed E-state index contributed by atoms with van der Waals surface area (Å²) in [6.07, 6.45) is 1.00. The molecule has 1 aromatic carbocycles. The first-order chi connectivity index (χ1) is 11.6. The van der Waals surface area contributed by atoms with Gasteiger partial charge >= 0.3 is 5.97 Å². The fourth-order valence-corrected chi connectivity index (χ4v) is 2.63. The molecule has 0 unspecified atom stereocenters. The first-order valence-corrected chi connectivity index (χ1v) is 7.68. The summed E-state index contributed by atoms with van der Waals surface area (Å²) < 4.78 is 6.98. The van der Waals surface area contributed by atoms with E-state index in [1.54, 1.807) is 15.8 Å². The lowest BCUT2D eigenvalue weighted by Gasteiger charge is -2.31. The van der Waals surface area contributed by atoms with Crippen molar-refractivity contribution in [3.05, 3.63) is 47.8 Å². The number of nitrogens with zero attached hydrogens (tertiary/aromatic N) is 4. The largest absolute Gasteiger partial charge is 0.481 e. The predicted octanol–water partition coefficient (Wildman–Crippen LogP) is 0.642. The van der Waals surface area contributed by atoms with Crippen molar-refractivity contribution in [1.29, 1.82) is 0 Å². The summed E-state index contributed by atoms with van der Waals surface area (Å²) in [7, 11) is 0. The highest BCUT2D eigenvalue weighted by Crippen LogP contribution is 2.12. The Labute approximate surface area is 138 Å². The van der Waals surface area contributed by atoms with E-state index in [1.165, 1.54) is 0 Å². The normalized spacial score (nSPS) is 17.7. The van der Waals surface area contributed by atoms with Gasteiger partial charge in [-0.25, -0.2) is 4.68 Å². The van der Waals surface area contributed by atoms with Gasteiger partial charge in [0.05, 0.1) is 31.9 Å². The third kappa shape index (κ3) is 3.96. The third-order valence-electron chi connectivity index (χ3n) is 3.77. The summed E-state index contributed by atoms with van der Waals surface area (Å²) in [6.45, 7) is 1.52. The minimum absolute atomic E-state index is 0.121. The van der Waals surface area contributed by atoms with Crippen molar-refractivity contribution in [2.24, 2.45) is 0 Å². The van der Waals surface area contributed by atoms with E-state index in [0.29, 0.717) is 19.7 Å². The minimum Gasteiger partial charge on any atom is -0.481 e. The predicted molar refractivity (Wildman–Crippen MR) is 83.5 cm³/mol. The van der Waals surface area contributed by atoms with Gasteiger partial charge in [0.2, 0.25) is 0 Å². The van der Waals surface area contributed by atoms with E-state index < -0.39 is 12.1 Å². The Morgan fingerprint density at radius 2 is 2.08 bits per heavy atom. The number of carbonyl (C=O) groups excluding carboxylic acids is 1. The summed E-state index contributed by atoms with van der Waals surface area (Å²) in [5, 5.41) is 16.8. The second-order valence-electron chi connectivity index (χ2n) is 5.63. The zero-order chi connectivity index (χ0) is 16.9. The van der Waals surface area contributed by atoms with Crippen molar-refractivity contribution in [3.8, 4) is 0 Å². The van der Waals surface area contributed by atoms with Crippen LogP contribution in [-0.2, 0) is 16.1 Å². The number of morpholine rings is 1. The number of carbonyl (C=O) groups is 2. The number of hydrogen-bond donors (Lipinski definition) is 1. The number of aromatic nitrogens is 3. The average Bonchev–Trinajstić information content (AvgIpc) is 3.03. The molecule has 1 aliphatic heterocycles. The van der Waals surface area contributed by atoms with Crippen LogP contribution in [0.15, 0.2) is 36.5 Å². The smallest absolute Gasteiger partial charge is 0.306 e. The number of carboxylic acid groups (broad SMARTS) is 1. The van der Waals surface area contributed by atoms with E-state index in [-0.39, 0.29) is 24.6 Å². The van der Waals surface area contributed by atoms with Crippen LogP contribution in [0.3, 0.4) is 0 Å². The van der Waals surface area contributed by atoms with Crippen molar-refractivity contribution in [2.45, 2.75) is 19.1 Å². The molecular formula is C16H18N4O4. The molecule has 0 bridgehead atoms. The molecule has 1 aliphatic rings. The highest BCUT2D eigenvalue weighted by molar-refractivity contribution is 5.92. The van der Waals surface area contributed by atoms with E-state index >= 15 is 0 Å². The number of rotatable bonds is 5. The fourth-order valence-electron chi connectivity index (χ4n) is 2.63. The summed E-state index contributed by atoms with van der Waals surface area (Å²) in [5.41, 5.74) is 1.32. The third-order valence-corrected chi connectivity index (χ3v) is 3.77. The van der Waals surface area contributed by atoms with E-state index in [0.717, 1.165) is 5.56 Å². The van der Waals surface area contributed by atoms with Gasteiger partial charge in [-0.3, -0.25) is 9.59 Å². The summed E-state index contributed by atoms with van der Waals surface area (Å²) >= 11 is 0. The van der Waals surface area contributed by atoms with Gasteiger partial charge in [-0.2, -0.15) is 0 Å². The minimum atomic E-state index is -0.942. The topological polar surface area (TPSA) is 97.6 Å². The molecule has 1 atom stereocenters. The molecule has 0 spiro atoms. The summed E-state index contributed by atoms with van der Waals surface area (Å²) in [4.78, 5) is 24.8. The summed E-state index contributed by atoms with van der Waals surface area (Å²) in [6, 6.07) is 9.76. The first kappa shape index (κ1) is 16.1. The maximum absolute atomic E-state index is 12.5. The molecule has 0 aliphatic carbocycles. The molecule has 1 amide bonds. The van der Waals surface area contributed by atoms with Gasteiger partial charge in [-0.15, -0.1) is 5.10 Å². The Kier molecular flexibility index (Phi) is 4.85. The van der Waals surface area contributed by atoms with Crippen LogP contribution in [0.5, 0.6) is 0 Å². The van der Waals surface area contributed by atoms with Crippen LogP contribution in [0.2, 0.25) is 0 Å². The van der Waals surface area contributed by atoms with E-state index in [2.05, 4.69) is 10.3 Å². The molecular weight excluding hydrogens is 312 g/mol. The maximum Gasteiger partial charge on any atom is 0.306 e. The molecule has 8 heteroatoms. The van der Waals surface area contributed by atoms with Gasteiger partial charge in [0, 0.05) is 13.1 Å². The number of benzene rings is 1. The second-order valence-corrected chi connectivity index (χ2v) is 5.63. The molecule has 0 saturated carbocycles. The van der Waals surface area contributed by atoms with Gasteiger partial charge in [0.1, 0.15) is 0 Å². The van der Waals surface area contributed by atoms with Gasteiger partial charge < -0.3 is 14.7 Å². The van der Waals surface area contributed by atoms with Crippen molar-refractivity contribution in [2.75, 3.05) is 19.7 Å². The number of carboxylic acids is 1. The lowest BCUT2D eigenvalue weighted by molar-refractivity contribution is -0.141. The standard InChI is InChI=1S/C16H18N4O4/c21-15(22)8-13-10-19(6-7-24-13)16(23)14-11-20(18-17-14)9-12-4-2-1-3-5-12/h1-5,11,13H,6-10H2,(H,21,22)/t13-/m1/s1. The molecule has 1 aromatic heterocycles. The van der Waals surface area contributed by atoms with Crippen LogP contribution in [0.25, 0.3) is 0 Å². The lowest BCUT2D eigenvalue weighted by Crippen LogP contribution is -2.46. The van der Waals surface area contributed by atoms with Crippen molar-refractivity contribution < 1.29 is 19.4 Å². The zero-order valence-corrected chi connectivity index (χ0v) is 13.0. The molecule has 24 heavy (non-hydrogen) atoms. The van der Waals surface area contributed by atoms with E-state index in [1.807, 2.05) is 30.3 Å². The monoisotopic (exact) mass is 330 g/mol. The highest BCUT2D eigenvalue weighted by atomic mass is 16.5. The molecule has 2 aromatic rings. The Morgan fingerprint density at radius 3 is 2.83 bits per heavy atom. The maximum atomic E-state index is 12.5. The molecule has 126 valence electrons. The average molecular weight is 330 g/mol. The number of amides is 1. The van der Waals surface area contributed by atoms with Crippen molar-refractivity contribution >= 4 is 11.9 Å². The number of aliphatic carboxylic acids is 1. The summed E-state index contributed by atoms with van der Waals surface area (Å²) in [5.74, 6) is -1.20. The molecule has 0 radical (unpaired) electrons. The highest BCUT2D eigenvalue weighted by Gasteiger charge is 2.28. The Balaban J connectivity index is 1.64. The molecule has 3 rings (SSSR count). The zero-order valence-electron chi connectivity index (χ0n) is 13.0. The molecule has 1 N–H and O–H groups in total. The number of ether oxygens (including phenoxy) is 1. The van der Waals surface area contributed by atoms with Crippen LogP contribution in [-0.4, -0.2) is 62.7 Å². The van der Waals surface area contributed by atoms with Crippen LogP contribution in [0.1, 0.15) is 22.5 Å². The Morgan fingerprint density at radius 1 is 1.29 bits per heavy atom. The van der Waals surface area contributed by atoms with Crippen molar-refractivity contribution in [1.82, 2.24) is 19.9 Å². The Hall–Kier alpha value is -2.74. The van der Waals surface area contributed by atoms with Crippen LogP contribution < -0.4 is 0 Å². The Bertz CT molecular complexity index is 716. The van der Waals surface area contributed by atoms with Gasteiger partial charge in [0.25, 0.3) is 5.91 Å². The van der Waals surface area contributed by atoms with Gasteiger partial charge in [0.15, 0.2) is 5.69 Å². The van der Waals surface area contributed by atoms with Crippen molar-refractivity contribution in [3.63, 3.8) is 0 Å². The number of hydrogen-bond acceptors (Lipinski definition) is 5. The molecule has 1 fully saturated rings. The second kappa shape index (κ2) is 7.22. The SMILES string of the molecule is O=C(O)C[C@@H]1CN(C(=O)c2cn(Cc3ccccc3)nn2)CCO1. The van der Waals surface area contributed by atoms with E-state index in [9.17, 15) is 9.59 Å². The fraction of sp³-hybridized carbons (Fsp3) is 0.375. The molecule has 8 nitrogen and oxygen atoms in total. The van der Waals surface area contributed by atoms with Crippen LogP contribution in [0, 0.1) is 0 Å². The quantitative estimate of drug-likeness (QED) is 0.864.